The first-order valence-corrected chi connectivity index (χ1v) is 10.1. The Kier molecular flexibility index (Phi) is 7.78. The van der Waals surface area contributed by atoms with E-state index in [0.717, 1.165) is 4.47 Å². The number of esters is 1. The van der Waals surface area contributed by atoms with Gasteiger partial charge in [0.1, 0.15) is 11.5 Å². The lowest BCUT2D eigenvalue weighted by Crippen LogP contribution is -2.35. The third-order valence-electron chi connectivity index (χ3n) is 3.98. The summed E-state index contributed by atoms with van der Waals surface area (Å²) in [5.41, 5.74) is 0.832. The lowest BCUT2D eigenvalue weighted by atomic mass is 10.2. The van der Waals surface area contributed by atoms with Crippen LogP contribution in [0.5, 0.6) is 11.5 Å². The number of ether oxygens (including phenoxy) is 2. The minimum atomic E-state index is -0.675. The highest BCUT2D eigenvalue weighted by Gasteiger charge is 2.13. The maximum atomic E-state index is 12.2. The minimum Gasteiger partial charge on any atom is -0.457 e. The van der Waals surface area contributed by atoms with E-state index in [1.165, 1.54) is 6.07 Å². The molecular weight excluding hydrogens is 464 g/mol. The van der Waals surface area contributed by atoms with Crippen LogP contribution < -0.4 is 15.4 Å². The molecule has 0 saturated heterocycles. The SMILES string of the molecule is O=C(COC(=O)c1cccc(Oc2ccccc2)c1)NCC(=O)Nc1ccccc1Br. The molecule has 3 aromatic carbocycles. The zero-order valence-electron chi connectivity index (χ0n) is 16.3. The molecule has 158 valence electrons. The third kappa shape index (κ3) is 6.97. The summed E-state index contributed by atoms with van der Waals surface area (Å²) in [4.78, 5) is 36.1. The van der Waals surface area contributed by atoms with Crippen LogP contribution in [0.25, 0.3) is 0 Å². The molecule has 8 heteroatoms. The maximum absolute atomic E-state index is 12.2. The quantitative estimate of drug-likeness (QED) is 0.470. The van der Waals surface area contributed by atoms with Gasteiger partial charge in [-0.15, -0.1) is 0 Å². The monoisotopic (exact) mass is 482 g/mol. The van der Waals surface area contributed by atoms with Crippen molar-refractivity contribution in [1.82, 2.24) is 5.32 Å². The first kappa shape index (κ1) is 22.0. The lowest BCUT2D eigenvalue weighted by Gasteiger charge is -2.09. The fourth-order valence-corrected chi connectivity index (χ4v) is 2.90. The van der Waals surface area contributed by atoms with E-state index in [-0.39, 0.29) is 12.1 Å². The second-order valence-electron chi connectivity index (χ2n) is 6.32. The number of amides is 2. The van der Waals surface area contributed by atoms with E-state index in [4.69, 9.17) is 9.47 Å². The molecule has 0 aliphatic carbocycles. The van der Waals surface area contributed by atoms with Gasteiger partial charge >= 0.3 is 5.97 Å². The second-order valence-corrected chi connectivity index (χ2v) is 7.18. The predicted octanol–water partition coefficient (Wildman–Crippen LogP) is 4.15. The van der Waals surface area contributed by atoms with E-state index in [1.54, 1.807) is 48.5 Å². The summed E-state index contributed by atoms with van der Waals surface area (Å²) in [5.74, 6) is -0.571. The van der Waals surface area contributed by atoms with E-state index in [1.807, 2.05) is 24.3 Å². The van der Waals surface area contributed by atoms with Crippen molar-refractivity contribution in [2.45, 2.75) is 0 Å². The molecule has 0 atom stereocenters. The summed E-state index contributed by atoms with van der Waals surface area (Å²) in [7, 11) is 0. The number of hydrogen-bond donors (Lipinski definition) is 2. The highest BCUT2D eigenvalue weighted by molar-refractivity contribution is 9.10. The van der Waals surface area contributed by atoms with Gasteiger partial charge in [0, 0.05) is 4.47 Å². The molecule has 31 heavy (non-hydrogen) atoms. The van der Waals surface area contributed by atoms with Gasteiger partial charge in [0.2, 0.25) is 5.91 Å². The summed E-state index contributed by atoms with van der Waals surface area (Å²) in [6.07, 6.45) is 0. The van der Waals surface area contributed by atoms with Crippen LogP contribution in [0.15, 0.2) is 83.3 Å². The first-order chi connectivity index (χ1) is 15.0. The number of rotatable bonds is 8. The normalized spacial score (nSPS) is 10.1. The first-order valence-electron chi connectivity index (χ1n) is 9.32. The summed E-state index contributed by atoms with van der Waals surface area (Å²) in [6, 6.07) is 22.7. The summed E-state index contributed by atoms with van der Waals surface area (Å²) < 4.78 is 11.4. The van der Waals surface area contributed by atoms with Gasteiger partial charge in [-0.1, -0.05) is 36.4 Å². The van der Waals surface area contributed by atoms with Crippen molar-refractivity contribution >= 4 is 39.4 Å². The Morgan fingerprint density at radius 3 is 2.29 bits per heavy atom. The molecule has 0 spiro atoms. The van der Waals surface area contributed by atoms with Gasteiger partial charge in [0.05, 0.1) is 17.8 Å². The number of carbonyl (C=O) groups is 3. The van der Waals surface area contributed by atoms with Gasteiger partial charge in [-0.2, -0.15) is 0 Å². The van der Waals surface area contributed by atoms with Gasteiger partial charge in [-0.05, 0) is 58.4 Å². The number of hydrogen-bond acceptors (Lipinski definition) is 5. The molecule has 0 radical (unpaired) electrons. The second kappa shape index (κ2) is 10.9. The van der Waals surface area contributed by atoms with Crippen LogP contribution in [-0.2, 0) is 14.3 Å². The molecule has 0 bridgehead atoms. The van der Waals surface area contributed by atoms with Gasteiger partial charge in [0.25, 0.3) is 5.91 Å². The van der Waals surface area contributed by atoms with Gasteiger partial charge < -0.3 is 20.1 Å². The number of benzene rings is 3. The van der Waals surface area contributed by atoms with Gasteiger partial charge in [-0.25, -0.2) is 4.79 Å². The van der Waals surface area contributed by atoms with E-state index in [2.05, 4.69) is 26.6 Å². The third-order valence-corrected chi connectivity index (χ3v) is 4.67. The molecule has 0 heterocycles. The summed E-state index contributed by atoms with van der Waals surface area (Å²) in [6.45, 7) is -0.761. The number of carbonyl (C=O) groups excluding carboxylic acids is 3. The van der Waals surface area contributed by atoms with Crippen molar-refractivity contribution < 1.29 is 23.9 Å². The van der Waals surface area contributed by atoms with Crippen LogP contribution >= 0.6 is 15.9 Å². The molecule has 0 aromatic heterocycles. The Balaban J connectivity index is 1.45. The van der Waals surface area contributed by atoms with Crippen molar-refractivity contribution in [3.05, 3.63) is 88.9 Å². The Labute approximate surface area is 187 Å². The number of halogens is 1. The summed E-state index contributed by atoms with van der Waals surface area (Å²) >= 11 is 3.32. The molecule has 0 aliphatic rings. The highest BCUT2D eigenvalue weighted by Crippen LogP contribution is 2.22. The standard InChI is InChI=1S/C23H19BrN2O5/c24-19-11-4-5-12-20(19)26-21(27)14-25-22(28)15-30-23(29)16-7-6-10-18(13-16)31-17-8-2-1-3-9-17/h1-13H,14-15H2,(H,25,28)(H,26,27). The van der Waals surface area contributed by atoms with Crippen molar-refractivity contribution in [3.63, 3.8) is 0 Å². The van der Waals surface area contributed by atoms with Crippen molar-refractivity contribution in [1.29, 1.82) is 0 Å². The number of nitrogens with one attached hydrogen (secondary N) is 2. The number of anilines is 1. The van der Waals surface area contributed by atoms with Crippen molar-refractivity contribution in [2.75, 3.05) is 18.5 Å². The average Bonchev–Trinajstić information content (AvgIpc) is 2.78. The number of para-hydroxylation sites is 2. The maximum Gasteiger partial charge on any atom is 0.338 e. The zero-order valence-corrected chi connectivity index (χ0v) is 17.9. The Morgan fingerprint density at radius 1 is 0.806 bits per heavy atom. The van der Waals surface area contributed by atoms with Gasteiger partial charge in [-0.3, -0.25) is 9.59 Å². The molecule has 2 amide bonds. The van der Waals surface area contributed by atoms with E-state index in [0.29, 0.717) is 17.2 Å². The Bertz CT molecular complexity index is 1070. The van der Waals surface area contributed by atoms with Crippen LogP contribution in [0, 0.1) is 0 Å². The Hall–Kier alpha value is -3.65. The van der Waals surface area contributed by atoms with Crippen molar-refractivity contribution in [2.24, 2.45) is 0 Å². The van der Waals surface area contributed by atoms with Crippen LogP contribution in [0.1, 0.15) is 10.4 Å². The molecule has 3 rings (SSSR count). The highest BCUT2D eigenvalue weighted by atomic mass is 79.9. The van der Waals surface area contributed by atoms with Crippen LogP contribution in [0.3, 0.4) is 0 Å². The molecule has 7 nitrogen and oxygen atoms in total. The fraction of sp³-hybridized carbons (Fsp3) is 0.0870. The molecule has 3 aromatic rings. The van der Waals surface area contributed by atoms with E-state index < -0.39 is 24.4 Å². The van der Waals surface area contributed by atoms with Crippen LogP contribution in [-0.4, -0.2) is 30.9 Å². The smallest absolute Gasteiger partial charge is 0.338 e. The molecule has 0 fully saturated rings. The van der Waals surface area contributed by atoms with E-state index in [9.17, 15) is 14.4 Å². The summed E-state index contributed by atoms with van der Waals surface area (Å²) in [5, 5.41) is 5.07. The minimum absolute atomic E-state index is 0.243. The molecule has 2 N–H and O–H groups in total. The van der Waals surface area contributed by atoms with Gasteiger partial charge in [0.15, 0.2) is 6.61 Å². The largest absolute Gasteiger partial charge is 0.457 e. The lowest BCUT2D eigenvalue weighted by molar-refractivity contribution is -0.126. The average molecular weight is 483 g/mol. The fourth-order valence-electron chi connectivity index (χ4n) is 2.51. The van der Waals surface area contributed by atoms with E-state index >= 15 is 0 Å². The Morgan fingerprint density at radius 2 is 1.52 bits per heavy atom. The molecule has 0 saturated carbocycles. The van der Waals surface area contributed by atoms with Crippen molar-refractivity contribution in [3.8, 4) is 11.5 Å². The zero-order chi connectivity index (χ0) is 22.1. The van der Waals surface area contributed by atoms with Crippen LogP contribution in [0.4, 0.5) is 5.69 Å². The predicted molar refractivity (Wildman–Crippen MR) is 119 cm³/mol. The molecular formula is C23H19BrN2O5. The topological polar surface area (TPSA) is 93.7 Å². The molecule has 0 aliphatic heterocycles. The molecule has 0 unspecified atom stereocenters. The van der Waals surface area contributed by atoms with Crippen LogP contribution in [0.2, 0.25) is 0 Å².